The molecule has 3 rings (SSSR count). The zero-order valence-electron chi connectivity index (χ0n) is 17.1. The van der Waals surface area contributed by atoms with Gasteiger partial charge in [-0.2, -0.15) is 0 Å². The first-order chi connectivity index (χ1) is 12.7. The number of allylic oxidation sites excluding steroid dienone is 2. The van der Waals surface area contributed by atoms with Crippen LogP contribution in [0.3, 0.4) is 0 Å². The van der Waals surface area contributed by atoms with Gasteiger partial charge in [-0.3, -0.25) is 0 Å². The molecule has 4 unspecified atom stereocenters. The largest absolute Gasteiger partial charge is 0.479 e. The van der Waals surface area contributed by atoms with E-state index in [4.69, 9.17) is 15.2 Å². The monoisotopic (exact) mass is 377 g/mol. The van der Waals surface area contributed by atoms with Crippen LogP contribution in [0.15, 0.2) is 23.4 Å². The summed E-state index contributed by atoms with van der Waals surface area (Å²) in [6, 6.07) is 0. The lowest BCUT2D eigenvalue weighted by molar-refractivity contribution is -0.167. The Morgan fingerprint density at radius 3 is 2.70 bits per heavy atom. The van der Waals surface area contributed by atoms with Gasteiger partial charge in [0.1, 0.15) is 0 Å². The molecule has 5 heteroatoms. The van der Waals surface area contributed by atoms with Crippen LogP contribution in [0, 0.1) is 23.7 Å². The van der Waals surface area contributed by atoms with E-state index in [9.17, 15) is 9.90 Å². The van der Waals surface area contributed by atoms with Gasteiger partial charge in [0.05, 0.1) is 11.7 Å². The maximum Gasteiger partial charge on any atom is 0.333 e. The van der Waals surface area contributed by atoms with E-state index in [2.05, 4.69) is 6.92 Å². The first kappa shape index (κ1) is 20.4. The Morgan fingerprint density at radius 2 is 2.04 bits per heavy atom. The van der Waals surface area contributed by atoms with Crippen molar-refractivity contribution in [1.82, 2.24) is 0 Å². The van der Waals surface area contributed by atoms with Crippen molar-refractivity contribution in [2.24, 2.45) is 29.4 Å². The van der Waals surface area contributed by atoms with E-state index < -0.39 is 17.7 Å². The maximum absolute atomic E-state index is 12.1. The van der Waals surface area contributed by atoms with Crippen molar-refractivity contribution < 1.29 is 19.4 Å². The summed E-state index contributed by atoms with van der Waals surface area (Å²) in [6.07, 6.45) is 9.04. The number of hydrogen-bond acceptors (Lipinski definition) is 4. The molecule has 27 heavy (non-hydrogen) atoms. The molecular weight excluding hydrogens is 342 g/mol. The standard InChI is InChI=1S/C22H35NO4/c1-13-10-16(23)12-17(20(21(24)25)27-22(2,3)4)19(13)15-7-8-18-14(11-15)6-5-9-26-18/h10,12,14-15,17-20H,5-9,11,23H2,1-4H3,(H,24,25)/t14?,15-,17?,18+,19?,20?/m0/s1. The zero-order valence-corrected chi connectivity index (χ0v) is 17.1. The predicted molar refractivity (Wildman–Crippen MR) is 105 cm³/mol. The second kappa shape index (κ2) is 7.96. The molecule has 0 bridgehead atoms. The molecule has 1 aliphatic heterocycles. The van der Waals surface area contributed by atoms with Crippen LogP contribution in [-0.4, -0.2) is 35.5 Å². The Balaban J connectivity index is 1.86. The molecule has 6 atom stereocenters. The predicted octanol–water partition coefficient (Wildman–Crippen LogP) is 3.88. The highest BCUT2D eigenvalue weighted by atomic mass is 16.5. The number of nitrogens with two attached hydrogens (primary N) is 1. The second-order valence-corrected chi connectivity index (χ2v) is 9.53. The third-order valence-electron chi connectivity index (χ3n) is 6.31. The van der Waals surface area contributed by atoms with Crippen LogP contribution < -0.4 is 5.73 Å². The molecule has 3 N–H and O–H groups in total. The lowest BCUT2D eigenvalue weighted by atomic mass is 9.64. The highest BCUT2D eigenvalue weighted by Gasteiger charge is 2.44. The van der Waals surface area contributed by atoms with Gasteiger partial charge in [-0.05, 0) is 83.6 Å². The molecule has 1 heterocycles. The Labute approximate surface area is 163 Å². The molecule has 2 fully saturated rings. The fraction of sp³-hybridized carbons (Fsp3) is 0.773. The van der Waals surface area contributed by atoms with Crippen molar-refractivity contribution >= 4 is 5.97 Å². The summed E-state index contributed by atoms with van der Waals surface area (Å²) in [5.74, 6) is 0.0553. The summed E-state index contributed by atoms with van der Waals surface area (Å²) >= 11 is 0. The second-order valence-electron chi connectivity index (χ2n) is 9.53. The Bertz CT molecular complexity index is 618. The highest BCUT2D eigenvalue weighted by Crippen LogP contribution is 2.47. The molecule has 1 saturated heterocycles. The van der Waals surface area contributed by atoms with E-state index in [0.717, 1.165) is 32.3 Å². The van der Waals surface area contributed by atoms with Gasteiger partial charge in [-0.15, -0.1) is 0 Å². The first-order valence-corrected chi connectivity index (χ1v) is 10.3. The van der Waals surface area contributed by atoms with E-state index in [-0.39, 0.29) is 11.8 Å². The van der Waals surface area contributed by atoms with Crippen molar-refractivity contribution in [2.45, 2.75) is 77.6 Å². The van der Waals surface area contributed by atoms with Crippen LogP contribution >= 0.6 is 0 Å². The van der Waals surface area contributed by atoms with E-state index in [0.29, 0.717) is 23.6 Å². The van der Waals surface area contributed by atoms with E-state index in [1.54, 1.807) is 0 Å². The lowest BCUT2D eigenvalue weighted by Crippen LogP contribution is -2.46. The van der Waals surface area contributed by atoms with Crippen LogP contribution in [-0.2, 0) is 14.3 Å². The highest BCUT2D eigenvalue weighted by molar-refractivity contribution is 5.73. The van der Waals surface area contributed by atoms with E-state index in [1.165, 1.54) is 12.0 Å². The molecule has 0 aromatic rings. The number of aliphatic carboxylic acids is 1. The van der Waals surface area contributed by atoms with Crippen LogP contribution in [0.5, 0.6) is 0 Å². The zero-order chi connectivity index (χ0) is 19.8. The van der Waals surface area contributed by atoms with Gasteiger partial charge in [0.25, 0.3) is 0 Å². The normalized spacial score (nSPS) is 35.6. The summed E-state index contributed by atoms with van der Waals surface area (Å²) in [6.45, 7) is 8.69. The fourth-order valence-electron chi connectivity index (χ4n) is 5.38. The summed E-state index contributed by atoms with van der Waals surface area (Å²) < 4.78 is 12.0. The Hall–Kier alpha value is -1.33. The summed E-state index contributed by atoms with van der Waals surface area (Å²) in [7, 11) is 0. The van der Waals surface area contributed by atoms with Gasteiger partial charge in [0.15, 0.2) is 6.10 Å². The number of hydrogen-bond donors (Lipinski definition) is 2. The van der Waals surface area contributed by atoms with Gasteiger partial charge in [-0.1, -0.05) is 11.6 Å². The number of carboxylic acids is 1. The van der Waals surface area contributed by atoms with Gasteiger partial charge >= 0.3 is 5.97 Å². The van der Waals surface area contributed by atoms with Crippen LogP contribution in [0.2, 0.25) is 0 Å². The molecule has 0 radical (unpaired) electrons. The Kier molecular flexibility index (Phi) is 6.02. The molecule has 0 spiro atoms. The van der Waals surface area contributed by atoms with Gasteiger partial charge in [0.2, 0.25) is 0 Å². The molecule has 0 amide bonds. The first-order valence-electron chi connectivity index (χ1n) is 10.3. The van der Waals surface area contributed by atoms with Gasteiger partial charge in [0, 0.05) is 18.2 Å². The molecule has 0 aromatic heterocycles. The summed E-state index contributed by atoms with van der Waals surface area (Å²) in [4.78, 5) is 12.1. The number of rotatable bonds is 4. The summed E-state index contributed by atoms with van der Waals surface area (Å²) in [5, 5.41) is 9.93. The minimum Gasteiger partial charge on any atom is -0.479 e. The topological polar surface area (TPSA) is 81.8 Å². The van der Waals surface area contributed by atoms with Gasteiger partial charge < -0.3 is 20.3 Å². The average molecular weight is 378 g/mol. The van der Waals surface area contributed by atoms with Crippen LogP contribution in [0.1, 0.15) is 59.8 Å². The molecule has 2 aliphatic carbocycles. The quantitative estimate of drug-likeness (QED) is 0.777. The van der Waals surface area contributed by atoms with E-state index >= 15 is 0 Å². The molecule has 3 aliphatic rings. The van der Waals surface area contributed by atoms with Crippen LogP contribution in [0.4, 0.5) is 0 Å². The molecule has 5 nitrogen and oxygen atoms in total. The fourth-order valence-corrected chi connectivity index (χ4v) is 5.38. The van der Waals surface area contributed by atoms with Crippen molar-refractivity contribution in [3.8, 4) is 0 Å². The third-order valence-corrected chi connectivity index (χ3v) is 6.31. The van der Waals surface area contributed by atoms with Gasteiger partial charge in [-0.25, -0.2) is 4.79 Å². The molecular formula is C22H35NO4. The minimum atomic E-state index is -0.909. The summed E-state index contributed by atoms with van der Waals surface area (Å²) in [5.41, 5.74) is 7.43. The molecule has 152 valence electrons. The number of carboxylic acid groups (broad SMARTS) is 1. The lowest BCUT2D eigenvalue weighted by Gasteiger charge is -2.45. The van der Waals surface area contributed by atoms with E-state index in [1.807, 2.05) is 32.9 Å². The number of ether oxygens (including phenoxy) is 2. The van der Waals surface area contributed by atoms with Crippen molar-refractivity contribution in [1.29, 1.82) is 0 Å². The average Bonchev–Trinajstić information content (AvgIpc) is 2.57. The smallest absolute Gasteiger partial charge is 0.333 e. The third kappa shape index (κ3) is 4.75. The minimum absolute atomic E-state index is 0.156. The van der Waals surface area contributed by atoms with Crippen LogP contribution in [0.25, 0.3) is 0 Å². The maximum atomic E-state index is 12.1. The SMILES string of the molecule is CC1=CC(N)=CC(C(OC(C)(C)C)C(=O)O)C1[C@H]1CC[C@H]2OCCCC2C1. The van der Waals surface area contributed by atoms with Crippen molar-refractivity contribution in [3.63, 3.8) is 0 Å². The van der Waals surface area contributed by atoms with Crippen molar-refractivity contribution in [2.75, 3.05) is 6.61 Å². The number of carbonyl (C=O) groups is 1. The molecule has 1 saturated carbocycles. The van der Waals surface area contributed by atoms with Crippen molar-refractivity contribution in [3.05, 3.63) is 23.4 Å². The molecule has 0 aromatic carbocycles. The Morgan fingerprint density at radius 1 is 1.30 bits per heavy atom. The number of fused-ring (bicyclic) bond motifs is 1.